The number of nitrogens with one attached hydrogen (secondary N) is 1. The van der Waals surface area contributed by atoms with Crippen LogP contribution in [-0.2, 0) is 0 Å². The van der Waals surface area contributed by atoms with Gasteiger partial charge in [0, 0.05) is 10.9 Å². The second-order valence-corrected chi connectivity index (χ2v) is 6.02. The molecule has 100 valence electrons. The molecule has 0 aliphatic carbocycles. The number of benzene rings is 1. The lowest BCUT2D eigenvalue weighted by atomic mass is 10.2. The van der Waals surface area contributed by atoms with Gasteiger partial charge in [-0.1, -0.05) is 41.7 Å². The Morgan fingerprint density at radius 3 is 2.70 bits per heavy atom. The van der Waals surface area contributed by atoms with E-state index in [1.165, 1.54) is 22.7 Å². The summed E-state index contributed by atoms with van der Waals surface area (Å²) >= 11 is 2.78. The van der Waals surface area contributed by atoms with Crippen LogP contribution in [0.2, 0.25) is 0 Å². The van der Waals surface area contributed by atoms with Crippen molar-refractivity contribution in [3.63, 3.8) is 0 Å². The van der Waals surface area contributed by atoms with Gasteiger partial charge in [0.1, 0.15) is 15.7 Å². The Bertz CT molecular complexity index is 736. The molecule has 0 saturated carbocycles. The molecule has 1 aromatic carbocycles. The highest BCUT2D eigenvalue weighted by molar-refractivity contribution is 7.15. The third-order valence-corrected chi connectivity index (χ3v) is 4.15. The van der Waals surface area contributed by atoms with Gasteiger partial charge < -0.3 is 0 Å². The van der Waals surface area contributed by atoms with Gasteiger partial charge in [-0.2, -0.15) is 0 Å². The van der Waals surface area contributed by atoms with Gasteiger partial charge in [-0.05, 0) is 6.92 Å². The predicted molar refractivity (Wildman–Crippen MR) is 80.1 cm³/mol. The fourth-order valence-corrected chi connectivity index (χ4v) is 2.99. The molecule has 3 aromatic rings. The smallest absolute Gasteiger partial charge is 0.276 e. The molecule has 0 aliphatic heterocycles. The van der Waals surface area contributed by atoms with Crippen molar-refractivity contribution in [3.05, 3.63) is 46.4 Å². The number of thiazole rings is 1. The van der Waals surface area contributed by atoms with Crippen LogP contribution in [0, 0.1) is 6.92 Å². The summed E-state index contributed by atoms with van der Waals surface area (Å²) in [6.07, 6.45) is 0. The molecule has 1 amide bonds. The maximum atomic E-state index is 12.0. The molecule has 0 aliphatic rings. The van der Waals surface area contributed by atoms with Gasteiger partial charge in [-0.25, -0.2) is 4.98 Å². The maximum Gasteiger partial charge on any atom is 0.276 e. The van der Waals surface area contributed by atoms with E-state index in [0.29, 0.717) is 10.8 Å². The Morgan fingerprint density at radius 1 is 1.20 bits per heavy atom. The zero-order chi connectivity index (χ0) is 13.9. The van der Waals surface area contributed by atoms with Crippen molar-refractivity contribution in [1.29, 1.82) is 0 Å². The maximum absolute atomic E-state index is 12.0. The Morgan fingerprint density at radius 2 is 2.00 bits per heavy atom. The number of amides is 1. The van der Waals surface area contributed by atoms with Gasteiger partial charge in [0.05, 0.1) is 0 Å². The third-order valence-electron chi connectivity index (χ3n) is 2.50. The minimum absolute atomic E-state index is 0.264. The second kappa shape index (κ2) is 5.48. The number of anilines is 1. The quantitative estimate of drug-likeness (QED) is 0.806. The lowest BCUT2D eigenvalue weighted by Gasteiger charge is -1.96. The lowest BCUT2D eigenvalue weighted by molar-refractivity contribution is 0.102. The van der Waals surface area contributed by atoms with E-state index in [2.05, 4.69) is 20.5 Å². The number of hydrogen-bond acceptors (Lipinski definition) is 6. The van der Waals surface area contributed by atoms with Gasteiger partial charge in [-0.15, -0.1) is 21.5 Å². The first kappa shape index (κ1) is 12.9. The average Bonchev–Trinajstić information content (AvgIpc) is 3.09. The zero-order valence-corrected chi connectivity index (χ0v) is 12.2. The topological polar surface area (TPSA) is 67.8 Å². The summed E-state index contributed by atoms with van der Waals surface area (Å²) < 4.78 is 0. The molecule has 1 N–H and O–H groups in total. The molecule has 5 nitrogen and oxygen atoms in total. The molecule has 0 fully saturated rings. The predicted octanol–water partition coefficient (Wildman–Crippen LogP) is 3.22. The SMILES string of the molecule is Cc1nnc(NC(=O)c2csc(-c3ccccc3)n2)s1. The Labute approximate surface area is 123 Å². The van der Waals surface area contributed by atoms with Crippen LogP contribution in [0.5, 0.6) is 0 Å². The second-order valence-electron chi connectivity index (χ2n) is 3.98. The van der Waals surface area contributed by atoms with E-state index in [9.17, 15) is 4.79 Å². The van der Waals surface area contributed by atoms with Crippen molar-refractivity contribution in [2.24, 2.45) is 0 Å². The number of rotatable bonds is 3. The highest BCUT2D eigenvalue weighted by Gasteiger charge is 2.13. The van der Waals surface area contributed by atoms with Crippen molar-refractivity contribution in [1.82, 2.24) is 15.2 Å². The number of nitrogens with zero attached hydrogens (tertiary/aromatic N) is 3. The van der Waals surface area contributed by atoms with E-state index in [0.717, 1.165) is 15.6 Å². The van der Waals surface area contributed by atoms with E-state index < -0.39 is 0 Å². The lowest BCUT2D eigenvalue weighted by Crippen LogP contribution is -2.12. The molecule has 20 heavy (non-hydrogen) atoms. The van der Waals surface area contributed by atoms with E-state index in [4.69, 9.17) is 0 Å². The highest BCUT2D eigenvalue weighted by atomic mass is 32.1. The van der Waals surface area contributed by atoms with E-state index in [1.807, 2.05) is 37.3 Å². The van der Waals surface area contributed by atoms with Crippen LogP contribution in [0.4, 0.5) is 5.13 Å². The largest absolute Gasteiger partial charge is 0.295 e. The zero-order valence-electron chi connectivity index (χ0n) is 10.5. The highest BCUT2D eigenvalue weighted by Crippen LogP contribution is 2.24. The van der Waals surface area contributed by atoms with Crippen LogP contribution in [0.3, 0.4) is 0 Å². The molecule has 7 heteroatoms. The minimum Gasteiger partial charge on any atom is -0.295 e. The van der Waals surface area contributed by atoms with E-state index in [1.54, 1.807) is 5.38 Å². The number of carbonyl (C=O) groups is 1. The van der Waals surface area contributed by atoms with Crippen LogP contribution in [-0.4, -0.2) is 21.1 Å². The summed E-state index contributed by atoms with van der Waals surface area (Å²) in [7, 11) is 0. The first-order valence-electron chi connectivity index (χ1n) is 5.85. The van der Waals surface area contributed by atoms with Gasteiger partial charge in [0.2, 0.25) is 5.13 Å². The normalized spacial score (nSPS) is 10.4. The number of aromatic nitrogens is 3. The molecule has 0 bridgehead atoms. The van der Waals surface area contributed by atoms with Gasteiger partial charge >= 0.3 is 0 Å². The fourth-order valence-electron chi connectivity index (χ4n) is 1.60. The monoisotopic (exact) mass is 302 g/mol. The molecule has 3 rings (SSSR count). The summed E-state index contributed by atoms with van der Waals surface area (Å²) in [6.45, 7) is 1.84. The van der Waals surface area contributed by atoms with Crippen LogP contribution < -0.4 is 5.32 Å². The van der Waals surface area contributed by atoms with E-state index in [-0.39, 0.29) is 5.91 Å². The fraction of sp³-hybridized carbons (Fsp3) is 0.0769. The van der Waals surface area contributed by atoms with Crippen LogP contribution in [0.1, 0.15) is 15.5 Å². The number of carbonyl (C=O) groups excluding carboxylic acids is 1. The molecular weight excluding hydrogens is 292 g/mol. The molecule has 0 radical (unpaired) electrons. The molecule has 0 unspecified atom stereocenters. The van der Waals surface area contributed by atoms with E-state index >= 15 is 0 Å². The molecule has 0 spiro atoms. The van der Waals surface area contributed by atoms with Crippen LogP contribution in [0.15, 0.2) is 35.7 Å². The Kier molecular flexibility index (Phi) is 3.53. The summed E-state index contributed by atoms with van der Waals surface area (Å²) in [5.74, 6) is -0.264. The third kappa shape index (κ3) is 2.73. The van der Waals surface area contributed by atoms with Gasteiger partial charge in [0.15, 0.2) is 0 Å². The number of hydrogen-bond donors (Lipinski definition) is 1. The standard InChI is InChI=1S/C13H10N4OS2/c1-8-16-17-13(20-8)15-11(18)10-7-19-12(14-10)9-5-3-2-4-6-9/h2-7H,1H3,(H,15,17,18). The van der Waals surface area contributed by atoms with Crippen molar-refractivity contribution < 1.29 is 4.79 Å². The summed E-state index contributed by atoms with van der Waals surface area (Å²) in [5, 5.41) is 14.3. The molecule has 0 saturated heterocycles. The van der Waals surface area contributed by atoms with Crippen molar-refractivity contribution in [3.8, 4) is 10.6 Å². The molecular formula is C13H10N4OS2. The average molecular weight is 302 g/mol. The van der Waals surface area contributed by atoms with Crippen molar-refractivity contribution in [2.75, 3.05) is 5.32 Å². The molecule has 0 atom stereocenters. The first-order valence-corrected chi connectivity index (χ1v) is 7.54. The molecule has 2 heterocycles. The number of aryl methyl sites for hydroxylation is 1. The van der Waals surface area contributed by atoms with Gasteiger partial charge in [-0.3, -0.25) is 10.1 Å². The van der Waals surface area contributed by atoms with Crippen molar-refractivity contribution >= 4 is 33.7 Å². The first-order chi connectivity index (χ1) is 9.72. The van der Waals surface area contributed by atoms with Crippen LogP contribution in [0.25, 0.3) is 10.6 Å². The van der Waals surface area contributed by atoms with Crippen LogP contribution >= 0.6 is 22.7 Å². The van der Waals surface area contributed by atoms with Gasteiger partial charge in [0.25, 0.3) is 5.91 Å². The van der Waals surface area contributed by atoms with Crippen molar-refractivity contribution in [2.45, 2.75) is 6.92 Å². The minimum atomic E-state index is -0.264. The Balaban J connectivity index is 1.78. The summed E-state index contributed by atoms with van der Waals surface area (Å²) in [6, 6.07) is 9.77. The Hall–Kier alpha value is -2.12. The molecule has 2 aromatic heterocycles. The summed E-state index contributed by atoms with van der Waals surface area (Å²) in [5.41, 5.74) is 1.39. The summed E-state index contributed by atoms with van der Waals surface area (Å²) in [4.78, 5) is 16.4.